The SMILES string of the molecule is COC1CC(O)(C2CCC(C)CC2)C1. The molecule has 0 heterocycles. The van der Waals surface area contributed by atoms with Crippen molar-refractivity contribution in [1.82, 2.24) is 0 Å². The molecule has 0 radical (unpaired) electrons. The molecule has 0 saturated heterocycles. The van der Waals surface area contributed by atoms with Crippen LogP contribution in [0.2, 0.25) is 0 Å². The zero-order chi connectivity index (χ0) is 10.2. The summed E-state index contributed by atoms with van der Waals surface area (Å²) >= 11 is 0. The van der Waals surface area contributed by atoms with Crippen LogP contribution in [0.1, 0.15) is 45.4 Å². The Morgan fingerprint density at radius 2 is 1.71 bits per heavy atom. The molecule has 2 heteroatoms. The normalized spacial score (nSPS) is 48.6. The van der Waals surface area contributed by atoms with Gasteiger partial charge in [-0.15, -0.1) is 0 Å². The molecule has 2 nitrogen and oxygen atoms in total. The lowest BCUT2D eigenvalue weighted by Gasteiger charge is -2.49. The van der Waals surface area contributed by atoms with Gasteiger partial charge in [0.15, 0.2) is 0 Å². The summed E-state index contributed by atoms with van der Waals surface area (Å²) in [6, 6.07) is 0. The maximum atomic E-state index is 10.3. The van der Waals surface area contributed by atoms with Gasteiger partial charge >= 0.3 is 0 Å². The molecule has 82 valence electrons. The molecule has 1 N–H and O–H groups in total. The van der Waals surface area contributed by atoms with Gasteiger partial charge in [0.25, 0.3) is 0 Å². The second kappa shape index (κ2) is 3.82. The van der Waals surface area contributed by atoms with E-state index < -0.39 is 0 Å². The predicted molar refractivity (Wildman–Crippen MR) is 56.1 cm³/mol. The van der Waals surface area contributed by atoms with Gasteiger partial charge in [-0.1, -0.05) is 19.8 Å². The van der Waals surface area contributed by atoms with E-state index >= 15 is 0 Å². The van der Waals surface area contributed by atoms with Crippen LogP contribution in [0.25, 0.3) is 0 Å². The molecular formula is C12H22O2. The Bertz CT molecular complexity index is 188. The van der Waals surface area contributed by atoms with Gasteiger partial charge in [0.05, 0.1) is 11.7 Å². The Balaban J connectivity index is 1.84. The van der Waals surface area contributed by atoms with E-state index in [-0.39, 0.29) is 5.60 Å². The van der Waals surface area contributed by atoms with Gasteiger partial charge in [-0.3, -0.25) is 0 Å². The summed E-state index contributed by atoms with van der Waals surface area (Å²) in [6.07, 6.45) is 7.07. The molecule has 0 unspecified atom stereocenters. The molecular weight excluding hydrogens is 176 g/mol. The van der Waals surface area contributed by atoms with Crippen molar-refractivity contribution < 1.29 is 9.84 Å². The van der Waals surface area contributed by atoms with E-state index in [0.29, 0.717) is 12.0 Å². The molecule has 0 bridgehead atoms. The van der Waals surface area contributed by atoms with Crippen LogP contribution < -0.4 is 0 Å². The minimum atomic E-state index is -0.374. The van der Waals surface area contributed by atoms with Gasteiger partial charge in [-0.25, -0.2) is 0 Å². The summed E-state index contributed by atoms with van der Waals surface area (Å²) in [4.78, 5) is 0. The van der Waals surface area contributed by atoms with Crippen molar-refractivity contribution in [2.75, 3.05) is 7.11 Å². The molecule has 0 aromatic heterocycles. The quantitative estimate of drug-likeness (QED) is 0.738. The van der Waals surface area contributed by atoms with E-state index in [1.807, 2.05) is 0 Å². The van der Waals surface area contributed by atoms with Gasteiger partial charge in [-0.2, -0.15) is 0 Å². The predicted octanol–water partition coefficient (Wildman–Crippen LogP) is 2.35. The van der Waals surface area contributed by atoms with Crippen LogP contribution >= 0.6 is 0 Å². The third kappa shape index (κ3) is 1.82. The summed E-state index contributed by atoms with van der Waals surface area (Å²) in [5.74, 6) is 1.42. The van der Waals surface area contributed by atoms with E-state index in [1.165, 1.54) is 25.7 Å². The minimum Gasteiger partial charge on any atom is -0.389 e. The van der Waals surface area contributed by atoms with Crippen LogP contribution in [0.5, 0.6) is 0 Å². The van der Waals surface area contributed by atoms with Crippen molar-refractivity contribution in [3.8, 4) is 0 Å². The van der Waals surface area contributed by atoms with E-state index in [2.05, 4.69) is 6.92 Å². The Morgan fingerprint density at radius 3 is 2.21 bits per heavy atom. The fourth-order valence-electron chi connectivity index (χ4n) is 3.03. The lowest BCUT2D eigenvalue weighted by atomic mass is 9.63. The maximum Gasteiger partial charge on any atom is 0.0725 e. The zero-order valence-electron chi connectivity index (χ0n) is 9.33. The largest absolute Gasteiger partial charge is 0.389 e. The molecule has 2 rings (SSSR count). The number of rotatable bonds is 2. The first-order valence-electron chi connectivity index (χ1n) is 5.89. The number of methoxy groups -OCH3 is 1. The summed E-state index contributed by atoms with van der Waals surface area (Å²) in [5, 5.41) is 10.3. The Hall–Kier alpha value is -0.0800. The molecule has 2 fully saturated rings. The molecule has 2 saturated carbocycles. The first kappa shape index (κ1) is 10.4. The number of hydrogen-bond acceptors (Lipinski definition) is 2. The lowest BCUT2D eigenvalue weighted by Crippen LogP contribution is -2.53. The van der Waals surface area contributed by atoms with Gasteiger partial charge in [0, 0.05) is 20.0 Å². The fourth-order valence-corrected chi connectivity index (χ4v) is 3.03. The molecule has 0 aromatic carbocycles. The van der Waals surface area contributed by atoms with Gasteiger partial charge in [0.1, 0.15) is 0 Å². The number of ether oxygens (including phenoxy) is 1. The standard InChI is InChI=1S/C12H22O2/c1-9-3-5-10(6-4-9)12(13)7-11(8-12)14-2/h9-11,13H,3-8H2,1-2H3. The van der Waals surface area contributed by atoms with E-state index in [4.69, 9.17) is 4.74 Å². The maximum absolute atomic E-state index is 10.3. The second-order valence-electron chi connectivity index (χ2n) is 5.33. The minimum absolute atomic E-state index is 0.319. The van der Waals surface area contributed by atoms with Crippen LogP contribution in [0, 0.1) is 11.8 Å². The fraction of sp³-hybridized carbons (Fsp3) is 1.00. The van der Waals surface area contributed by atoms with Gasteiger partial charge in [-0.05, 0) is 24.7 Å². The van der Waals surface area contributed by atoms with Crippen LogP contribution in [-0.2, 0) is 4.74 Å². The topological polar surface area (TPSA) is 29.5 Å². The van der Waals surface area contributed by atoms with Crippen molar-refractivity contribution in [2.24, 2.45) is 11.8 Å². The van der Waals surface area contributed by atoms with Crippen LogP contribution in [0.4, 0.5) is 0 Å². The third-order valence-corrected chi connectivity index (χ3v) is 4.27. The van der Waals surface area contributed by atoms with E-state index in [1.54, 1.807) is 7.11 Å². The average molecular weight is 198 g/mol. The summed E-state index contributed by atoms with van der Waals surface area (Å²) < 4.78 is 5.23. The molecule has 0 atom stereocenters. The van der Waals surface area contributed by atoms with Crippen LogP contribution in [0.15, 0.2) is 0 Å². The van der Waals surface area contributed by atoms with E-state index in [9.17, 15) is 5.11 Å². The van der Waals surface area contributed by atoms with Crippen molar-refractivity contribution in [3.05, 3.63) is 0 Å². The molecule has 2 aliphatic rings. The van der Waals surface area contributed by atoms with Gasteiger partial charge in [0.2, 0.25) is 0 Å². The molecule has 0 aromatic rings. The van der Waals surface area contributed by atoms with Crippen LogP contribution in [-0.4, -0.2) is 23.9 Å². The van der Waals surface area contributed by atoms with Crippen molar-refractivity contribution in [1.29, 1.82) is 0 Å². The van der Waals surface area contributed by atoms with Crippen LogP contribution in [0.3, 0.4) is 0 Å². The summed E-state index contributed by atoms with van der Waals surface area (Å²) in [7, 11) is 1.74. The molecule has 0 amide bonds. The smallest absolute Gasteiger partial charge is 0.0725 e. The number of aliphatic hydroxyl groups is 1. The second-order valence-corrected chi connectivity index (χ2v) is 5.33. The highest BCUT2D eigenvalue weighted by atomic mass is 16.5. The van der Waals surface area contributed by atoms with E-state index in [0.717, 1.165) is 18.8 Å². The third-order valence-electron chi connectivity index (χ3n) is 4.27. The Morgan fingerprint density at radius 1 is 1.14 bits per heavy atom. The van der Waals surface area contributed by atoms with Gasteiger partial charge < -0.3 is 9.84 Å². The molecule has 14 heavy (non-hydrogen) atoms. The number of hydrogen-bond donors (Lipinski definition) is 1. The van der Waals surface area contributed by atoms with Crippen molar-refractivity contribution >= 4 is 0 Å². The van der Waals surface area contributed by atoms with Crippen molar-refractivity contribution in [2.45, 2.75) is 57.2 Å². The van der Waals surface area contributed by atoms with Crippen molar-refractivity contribution in [3.63, 3.8) is 0 Å². The summed E-state index contributed by atoms with van der Waals surface area (Å²) in [6.45, 7) is 2.32. The lowest BCUT2D eigenvalue weighted by molar-refractivity contribution is -0.166. The monoisotopic (exact) mass is 198 g/mol. The first-order valence-corrected chi connectivity index (χ1v) is 5.89. The Kier molecular flexibility index (Phi) is 2.85. The highest BCUT2D eigenvalue weighted by molar-refractivity contribution is 5.00. The highest BCUT2D eigenvalue weighted by Gasteiger charge is 2.48. The molecule has 0 aliphatic heterocycles. The Labute approximate surface area is 86.6 Å². The zero-order valence-corrected chi connectivity index (χ0v) is 9.33. The first-order chi connectivity index (χ1) is 6.64. The summed E-state index contributed by atoms with van der Waals surface area (Å²) in [5.41, 5.74) is -0.374. The molecule has 2 aliphatic carbocycles. The average Bonchev–Trinajstić information content (AvgIpc) is 2.14. The molecule has 0 spiro atoms. The highest BCUT2D eigenvalue weighted by Crippen LogP contribution is 2.46.